The van der Waals surface area contributed by atoms with E-state index in [4.69, 9.17) is 5.11 Å². The van der Waals surface area contributed by atoms with Gasteiger partial charge in [0.05, 0.1) is 0 Å². The highest BCUT2D eigenvalue weighted by Crippen LogP contribution is 2.38. The lowest BCUT2D eigenvalue weighted by Gasteiger charge is -2.42. The molecule has 2 fully saturated rings. The molecule has 1 saturated carbocycles. The second-order valence-corrected chi connectivity index (χ2v) is 6.27. The molecule has 1 aromatic rings. The summed E-state index contributed by atoms with van der Waals surface area (Å²) in [5.41, 5.74) is 2.19. The Morgan fingerprint density at radius 2 is 1.90 bits per heavy atom. The third-order valence-corrected chi connectivity index (χ3v) is 4.97. The van der Waals surface area contributed by atoms with Crippen LogP contribution in [0.5, 0.6) is 0 Å². The Morgan fingerprint density at radius 3 is 2.71 bits per heavy atom. The van der Waals surface area contributed by atoms with Crippen LogP contribution in [0.3, 0.4) is 0 Å². The predicted molar refractivity (Wildman–Crippen MR) is 85.4 cm³/mol. The number of carboxylic acids is 1. The molecule has 0 amide bonds. The number of carboxylic acid groups (broad SMARTS) is 1. The van der Waals surface area contributed by atoms with E-state index in [2.05, 4.69) is 11.0 Å². The smallest absolute Gasteiger partial charge is 0.328 e. The molecule has 0 radical (unpaired) electrons. The van der Waals surface area contributed by atoms with Crippen LogP contribution in [-0.4, -0.2) is 24.2 Å². The molecule has 2 atom stereocenters. The minimum Gasteiger partial charge on any atom is -0.478 e. The highest BCUT2D eigenvalue weighted by atomic mass is 16.4. The number of nitrogens with zero attached hydrogens (tertiary/aromatic N) is 1. The summed E-state index contributed by atoms with van der Waals surface area (Å²) in [6.07, 6.45) is 9.75. The second kappa shape index (κ2) is 6.33. The maximum absolute atomic E-state index is 10.7. The van der Waals surface area contributed by atoms with Gasteiger partial charge in [-0.05, 0) is 42.4 Å². The normalized spacial score (nSPS) is 25.8. The molecule has 1 aliphatic carbocycles. The zero-order chi connectivity index (χ0) is 14.7. The number of rotatable bonds is 3. The molecule has 1 aliphatic heterocycles. The van der Waals surface area contributed by atoms with Crippen molar-refractivity contribution in [2.24, 2.45) is 11.8 Å². The van der Waals surface area contributed by atoms with Crippen LogP contribution in [0.15, 0.2) is 30.3 Å². The standard InChI is InChI=1S/C18H23NO2/c20-18(21)10-9-15-6-3-4-8-17(15)19-12-11-14-5-1-2-7-16(14)13-19/h3-4,6,8-10,14,16H,1-2,5,7,11-13H2,(H,20,21)/b10-9+. The van der Waals surface area contributed by atoms with Gasteiger partial charge in [-0.2, -0.15) is 0 Å². The third-order valence-electron chi connectivity index (χ3n) is 4.97. The number of hydrogen-bond acceptors (Lipinski definition) is 2. The van der Waals surface area contributed by atoms with E-state index in [0.29, 0.717) is 0 Å². The first-order valence-corrected chi connectivity index (χ1v) is 7.99. The molecule has 0 aromatic heterocycles. The summed E-state index contributed by atoms with van der Waals surface area (Å²) in [6.45, 7) is 2.22. The van der Waals surface area contributed by atoms with E-state index in [1.165, 1.54) is 43.9 Å². The van der Waals surface area contributed by atoms with E-state index >= 15 is 0 Å². The lowest BCUT2D eigenvalue weighted by atomic mass is 9.75. The summed E-state index contributed by atoms with van der Waals surface area (Å²) in [4.78, 5) is 13.2. The Labute approximate surface area is 126 Å². The molecule has 3 heteroatoms. The van der Waals surface area contributed by atoms with Crippen molar-refractivity contribution in [2.45, 2.75) is 32.1 Å². The van der Waals surface area contributed by atoms with Gasteiger partial charge in [0.25, 0.3) is 0 Å². The first kappa shape index (κ1) is 14.2. The molecule has 2 aliphatic rings. The molecule has 0 spiro atoms. The van der Waals surface area contributed by atoms with Gasteiger partial charge in [-0.25, -0.2) is 4.79 Å². The van der Waals surface area contributed by atoms with Crippen molar-refractivity contribution in [3.8, 4) is 0 Å². The van der Waals surface area contributed by atoms with Crippen molar-refractivity contribution < 1.29 is 9.90 Å². The van der Waals surface area contributed by atoms with Gasteiger partial charge in [-0.15, -0.1) is 0 Å². The number of carbonyl (C=O) groups is 1. The fraction of sp³-hybridized carbons (Fsp3) is 0.500. The van der Waals surface area contributed by atoms with Gasteiger partial charge in [-0.3, -0.25) is 0 Å². The number of aliphatic carboxylic acids is 1. The monoisotopic (exact) mass is 285 g/mol. The van der Waals surface area contributed by atoms with Crippen molar-refractivity contribution in [1.29, 1.82) is 0 Å². The molecule has 0 bridgehead atoms. The molecule has 21 heavy (non-hydrogen) atoms. The molecule has 1 saturated heterocycles. The van der Waals surface area contributed by atoms with E-state index in [9.17, 15) is 4.79 Å². The SMILES string of the molecule is O=C(O)/C=C/c1ccccc1N1CCC2CCCCC2C1. The van der Waals surface area contributed by atoms with E-state index in [0.717, 1.165) is 30.5 Å². The Bertz CT molecular complexity index is 538. The predicted octanol–water partition coefficient (Wildman–Crippen LogP) is 3.80. The zero-order valence-corrected chi connectivity index (χ0v) is 12.4. The highest BCUT2D eigenvalue weighted by Gasteiger charge is 2.31. The highest BCUT2D eigenvalue weighted by molar-refractivity contribution is 5.87. The fourth-order valence-electron chi connectivity index (χ4n) is 3.90. The minimum atomic E-state index is -0.893. The Morgan fingerprint density at radius 1 is 1.14 bits per heavy atom. The number of piperidine rings is 1. The molecular weight excluding hydrogens is 262 g/mol. The first-order chi connectivity index (χ1) is 10.2. The van der Waals surface area contributed by atoms with Crippen LogP contribution in [0.4, 0.5) is 5.69 Å². The van der Waals surface area contributed by atoms with Crippen LogP contribution in [0.2, 0.25) is 0 Å². The zero-order valence-electron chi connectivity index (χ0n) is 12.4. The number of para-hydroxylation sites is 1. The maximum atomic E-state index is 10.7. The molecule has 1 aromatic carbocycles. The maximum Gasteiger partial charge on any atom is 0.328 e. The van der Waals surface area contributed by atoms with Crippen molar-refractivity contribution in [3.63, 3.8) is 0 Å². The molecule has 112 valence electrons. The second-order valence-electron chi connectivity index (χ2n) is 6.27. The molecule has 3 nitrogen and oxygen atoms in total. The molecule has 2 unspecified atom stereocenters. The topological polar surface area (TPSA) is 40.5 Å². The Kier molecular flexibility index (Phi) is 4.28. The molecular formula is C18H23NO2. The Hall–Kier alpha value is -1.77. The van der Waals surface area contributed by atoms with Crippen LogP contribution in [0, 0.1) is 11.8 Å². The largest absolute Gasteiger partial charge is 0.478 e. The van der Waals surface area contributed by atoms with Crippen molar-refractivity contribution in [3.05, 3.63) is 35.9 Å². The lowest BCUT2D eigenvalue weighted by Crippen LogP contribution is -2.42. The first-order valence-electron chi connectivity index (χ1n) is 7.99. The van der Waals surface area contributed by atoms with Crippen LogP contribution in [0.25, 0.3) is 6.08 Å². The van der Waals surface area contributed by atoms with Crippen molar-refractivity contribution in [2.75, 3.05) is 18.0 Å². The lowest BCUT2D eigenvalue weighted by molar-refractivity contribution is -0.131. The van der Waals surface area contributed by atoms with Gasteiger partial charge in [0.2, 0.25) is 0 Å². The summed E-state index contributed by atoms with van der Waals surface area (Å²) in [6, 6.07) is 8.13. The summed E-state index contributed by atoms with van der Waals surface area (Å²) in [5, 5.41) is 8.83. The summed E-state index contributed by atoms with van der Waals surface area (Å²) >= 11 is 0. The van der Waals surface area contributed by atoms with Crippen LogP contribution in [-0.2, 0) is 4.79 Å². The fourth-order valence-corrected chi connectivity index (χ4v) is 3.90. The van der Waals surface area contributed by atoms with Gasteiger partial charge in [-0.1, -0.05) is 37.5 Å². The van der Waals surface area contributed by atoms with Crippen molar-refractivity contribution >= 4 is 17.7 Å². The van der Waals surface area contributed by atoms with E-state index in [1.54, 1.807) is 6.08 Å². The number of hydrogen-bond donors (Lipinski definition) is 1. The Balaban J connectivity index is 1.79. The van der Waals surface area contributed by atoms with E-state index in [1.807, 2.05) is 18.2 Å². The van der Waals surface area contributed by atoms with Crippen LogP contribution < -0.4 is 4.90 Å². The molecule has 3 rings (SSSR count). The number of anilines is 1. The minimum absolute atomic E-state index is 0.823. The van der Waals surface area contributed by atoms with Crippen molar-refractivity contribution in [1.82, 2.24) is 0 Å². The number of benzene rings is 1. The molecule has 1 N–H and O–H groups in total. The van der Waals surface area contributed by atoms with Gasteiger partial charge < -0.3 is 10.0 Å². The average Bonchev–Trinajstić information content (AvgIpc) is 2.52. The van der Waals surface area contributed by atoms with E-state index < -0.39 is 5.97 Å². The van der Waals surface area contributed by atoms with Gasteiger partial charge in [0, 0.05) is 24.9 Å². The quantitative estimate of drug-likeness (QED) is 0.859. The van der Waals surface area contributed by atoms with Gasteiger partial charge in [0.15, 0.2) is 0 Å². The number of fused-ring (bicyclic) bond motifs is 1. The van der Waals surface area contributed by atoms with Gasteiger partial charge >= 0.3 is 5.97 Å². The summed E-state index contributed by atoms with van der Waals surface area (Å²) in [5.74, 6) is 0.844. The summed E-state index contributed by atoms with van der Waals surface area (Å²) < 4.78 is 0. The average molecular weight is 285 g/mol. The van der Waals surface area contributed by atoms with Crippen LogP contribution >= 0.6 is 0 Å². The van der Waals surface area contributed by atoms with E-state index in [-0.39, 0.29) is 0 Å². The van der Waals surface area contributed by atoms with Crippen LogP contribution in [0.1, 0.15) is 37.7 Å². The molecule has 1 heterocycles. The third kappa shape index (κ3) is 3.29. The van der Waals surface area contributed by atoms with Gasteiger partial charge in [0.1, 0.15) is 0 Å². The summed E-state index contributed by atoms with van der Waals surface area (Å²) in [7, 11) is 0.